The van der Waals surface area contributed by atoms with E-state index >= 15 is 0 Å². The van der Waals surface area contributed by atoms with Gasteiger partial charge in [-0.1, -0.05) is 18.1 Å². The molecule has 4 nitrogen and oxygen atoms in total. The Morgan fingerprint density at radius 3 is 2.42 bits per heavy atom. The van der Waals surface area contributed by atoms with Crippen molar-refractivity contribution in [1.82, 2.24) is 0 Å². The summed E-state index contributed by atoms with van der Waals surface area (Å²) in [6.45, 7) is 16.1. The second-order valence-electron chi connectivity index (χ2n) is 12.1. The van der Waals surface area contributed by atoms with Crippen molar-refractivity contribution in [2.45, 2.75) is 90.3 Å². The highest BCUT2D eigenvalue weighted by atomic mass is 28.4. The molecule has 0 saturated heterocycles. The van der Waals surface area contributed by atoms with Gasteiger partial charge in [-0.15, -0.1) is 0 Å². The highest BCUT2D eigenvalue weighted by Crippen LogP contribution is 2.61. The SMILES string of the molecule is CON=C1CC2C3CCc4cc(O[Si](C)(C)C)ccc4C3CCC2(C)C1O[Si](C)(C)C. The maximum Gasteiger partial charge on any atom is 0.242 e. The molecule has 1 aromatic rings. The Morgan fingerprint density at radius 2 is 1.77 bits per heavy atom. The third kappa shape index (κ3) is 4.53. The first-order valence-electron chi connectivity index (χ1n) is 12.0. The Bertz CT molecular complexity index is 857. The zero-order chi connectivity index (χ0) is 22.6. The Kier molecular flexibility index (Phi) is 5.97. The van der Waals surface area contributed by atoms with Crippen LogP contribution in [0.3, 0.4) is 0 Å². The Morgan fingerprint density at radius 1 is 1.03 bits per heavy atom. The van der Waals surface area contributed by atoms with Crippen LogP contribution in [0.1, 0.15) is 49.7 Å². The summed E-state index contributed by atoms with van der Waals surface area (Å²) in [7, 11) is -1.61. The smallest absolute Gasteiger partial charge is 0.242 e. The zero-order valence-electron chi connectivity index (χ0n) is 20.7. The van der Waals surface area contributed by atoms with Crippen LogP contribution in [0, 0.1) is 17.3 Å². The van der Waals surface area contributed by atoms with Crippen molar-refractivity contribution in [3.05, 3.63) is 29.3 Å². The van der Waals surface area contributed by atoms with Crippen molar-refractivity contribution in [1.29, 1.82) is 0 Å². The lowest BCUT2D eigenvalue weighted by Crippen LogP contribution is -2.48. The average molecular weight is 460 g/mol. The van der Waals surface area contributed by atoms with Crippen LogP contribution in [0.25, 0.3) is 0 Å². The van der Waals surface area contributed by atoms with E-state index in [2.05, 4.69) is 69.6 Å². The van der Waals surface area contributed by atoms with Gasteiger partial charge in [0.25, 0.3) is 0 Å². The van der Waals surface area contributed by atoms with Crippen molar-refractivity contribution in [2.24, 2.45) is 22.4 Å². The molecule has 2 fully saturated rings. The van der Waals surface area contributed by atoms with Crippen molar-refractivity contribution in [3.8, 4) is 5.75 Å². The minimum atomic E-state index is -1.69. The minimum absolute atomic E-state index is 0.110. The first-order chi connectivity index (χ1) is 14.4. The van der Waals surface area contributed by atoms with Gasteiger partial charge in [0.15, 0.2) is 8.32 Å². The summed E-state index contributed by atoms with van der Waals surface area (Å²) in [4.78, 5) is 5.28. The van der Waals surface area contributed by atoms with E-state index in [4.69, 9.17) is 13.7 Å². The molecule has 5 atom stereocenters. The Labute approximate surface area is 191 Å². The van der Waals surface area contributed by atoms with Gasteiger partial charge in [0.2, 0.25) is 8.32 Å². The summed E-state index contributed by atoms with van der Waals surface area (Å²) < 4.78 is 13.1. The standard InChI is InChI=1S/C25H41NO3Si2/c1-25-14-13-20-19-12-10-18(28-30(3,4)5)15-17(19)9-11-21(20)22(25)16-23(26-27-2)24(25)29-31(6,7)8/h10,12,15,20-22,24H,9,11,13-14,16H2,1-8H3. The number of nitrogens with zero attached hydrogens (tertiary/aromatic N) is 1. The molecule has 172 valence electrons. The fourth-order valence-electron chi connectivity index (χ4n) is 6.51. The normalized spacial score (nSPS) is 34.1. The fraction of sp³-hybridized carbons (Fsp3) is 0.720. The quantitative estimate of drug-likeness (QED) is 0.368. The van der Waals surface area contributed by atoms with E-state index in [1.54, 1.807) is 12.7 Å². The lowest BCUT2D eigenvalue weighted by atomic mass is 9.55. The molecule has 4 rings (SSSR count). The molecule has 31 heavy (non-hydrogen) atoms. The number of rotatable bonds is 5. The first kappa shape index (κ1) is 23.1. The predicted octanol–water partition coefficient (Wildman–Crippen LogP) is 6.59. The Balaban J connectivity index is 1.62. The van der Waals surface area contributed by atoms with Crippen LogP contribution in [0.4, 0.5) is 0 Å². The van der Waals surface area contributed by atoms with E-state index in [-0.39, 0.29) is 11.5 Å². The zero-order valence-corrected chi connectivity index (χ0v) is 22.7. The lowest BCUT2D eigenvalue weighted by molar-refractivity contribution is -0.00511. The molecule has 0 spiro atoms. The maximum absolute atomic E-state index is 6.76. The molecule has 1 aromatic carbocycles. The van der Waals surface area contributed by atoms with E-state index in [0.29, 0.717) is 17.8 Å². The van der Waals surface area contributed by atoms with Gasteiger partial charge in [-0.25, -0.2) is 0 Å². The van der Waals surface area contributed by atoms with Gasteiger partial charge in [-0.2, -0.15) is 0 Å². The number of oxime groups is 1. The summed E-state index contributed by atoms with van der Waals surface area (Å²) in [6, 6.07) is 6.93. The highest BCUT2D eigenvalue weighted by molar-refractivity contribution is 6.70. The molecule has 0 heterocycles. The molecule has 0 radical (unpaired) electrons. The van der Waals surface area contributed by atoms with Crippen molar-refractivity contribution >= 4 is 22.3 Å². The van der Waals surface area contributed by atoms with Gasteiger partial charge in [-0.3, -0.25) is 0 Å². The fourth-order valence-corrected chi connectivity index (χ4v) is 8.45. The summed E-state index contributed by atoms with van der Waals surface area (Å²) in [5.41, 5.74) is 4.39. The molecule has 0 aromatic heterocycles. The number of aryl methyl sites for hydroxylation is 1. The number of fused-ring (bicyclic) bond motifs is 5. The third-order valence-corrected chi connectivity index (χ3v) is 9.36. The Hall–Kier alpha value is -1.12. The van der Waals surface area contributed by atoms with E-state index < -0.39 is 16.6 Å². The van der Waals surface area contributed by atoms with E-state index in [1.807, 2.05) is 0 Å². The van der Waals surface area contributed by atoms with Gasteiger partial charge < -0.3 is 13.7 Å². The topological polar surface area (TPSA) is 40.0 Å². The molecular formula is C25H41NO3Si2. The number of hydrogen-bond acceptors (Lipinski definition) is 4. The van der Waals surface area contributed by atoms with Crippen LogP contribution in [-0.2, 0) is 15.7 Å². The van der Waals surface area contributed by atoms with Gasteiger partial charge in [0, 0.05) is 5.41 Å². The van der Waals surface area contributed by atoms with E-state index in [9.17, 15) is 0 Å². The summed E-state index contributed by atoms with van der Waals surface area (Å²) in [5.74, 6) is 3.04. The molecule has 5 unspecified atom stereocenters. The van der Waals surface area contributed by atoms with Crippen LogP contribution in [0.15, 0.2) is 23.4 Å². The molecule has 0 aliphatic heterocycles. The van der Waals surface area contributed by atoms with Gasteiger partial charge >= 0.3 is 0 Å². The maximum atomic E-state index is 6.76. The number of benzene rings is 1. The molecule has 3 aliphatic rings. The van der Waals surface area contributed by atoms with Crippen LogP contribution in [0.5, 0.6) is 5.75 Å². The molecule has 3 aliphatic carbocycles. The molecule has 6 heteroatoms. The summed E-state index contributed by atoms with van der Waals surface area (Å²) in [5, 5.41) is 4.49. The van der Waals surface area contributed by atoms with Crippen LogP contribution in [-0.4, -0.2) is 35.6 Å². The number of hydrogen-bond donors (Lipinski definition) is 0. The first-order valence-corrected chi connectivity index (χ1v) is 18.8. The molecule has 0 N–H and O–H groups in total. The highest BCUT2D eigenvalue weighted by Gasteiger charge is 2.58. The second-order valence-corrected chi connectivity index (χ2v) is 21.0. The van der Waals surface area contributed by atoms with Gasteiger partial charge in [0.05, 0.1) is 11.8 Å². The van der Waals surface area contributed by atoms with Crippen molar-refractivity contribution < 1.29 is 13.7 Å². The molecular weight excluding hydrogens is 418 g/mol. The van der Waals surface area contributed by atoms with E-state index in [1.165, 1.54) is 24.8 Å². The monoisotopic (exact) mass is 459 g/mol. The molecule has 0 bridgehead atoms. The third-order valence-electron chi connectivity index (χ3n) is 7.57. The largest absolute Gasteiger partial charge is 0.544 e. The summed E-state index contributed by atoms with van der Waals surface area (Å²) in [6.07, 6.45) is 5.98. The van der Waals surface area contributed by atoms with Crippen molar-refractivity contribution in [2.75, 3.05) is 7.11 Å². The summed E-state index contributed by atoms with van der Waals surface area (Å²) >= 11 is 0. The minimum Gasteiger partial charge on any atom is -0.544 e. The van der Waals surface area contributed by atoms with Crippen LogP contribution in [0.2, 0.25) is 39.3 Å². The molecule has 2 saturated carbocycles. The second kappa shape index (κ2) is 8.03. The van der Waals surface area contributed by atoms with Gasteiger partial charge in [-0.05, 0) is 112 Å². The van der Waals surface area contributed by atoms with Crippen LogP contribution < -0.4 is 4.43 Å². The van der Waals surface area contributed by atoms with Crippen LogP contribution >= 0.6 is 0 Å². The lowest BCUT2D eigenvalue weighted by Gasteiger charge is -2.51. The molecule has 0 amide bonds. The van der Waals surface area contributed by atoms with Crippen molar-refractivity contribution in [3.63, 3.8) is 0 Å². The predicted molar refractivity (Wildman–Crippen MR) is 133 cm³/mol. The van der Waals surface area contributed by atoms with E-state index in [0.717, 1.165) is 24.3 Å². The van der Waals surface area contributed by atoms with Gasteiger partial charge in [0.1, 0.15) is 12.9 Å². The average Bonchev–Trinajstić information content (AvgIpc) is 2.91.